The summed E-state index contributed by atoms with van der Waals surface area (Å²) in [5, 5.41) is 5.12. The van der Waals surface area contributed by atoms with Gasteiger partial charge in [-0.3, -0.25) is 14.1 Å². The Hall–Kier alpha value is -2.98. The molecule has 150 valence electrons. The lowest BCUT2D eigenvalue weighted by molar-refractivity contribution is -0.120. The second kappa shape index (κ2) is 8.81. The van der Waals surface area contributed by atoms with E-state index in [0.29, 0.717) is 17.8 Å². The molecule has 0 atom stereocenters. The van der Waals surface area contributed by atoms with Crippen LogP contribution in [0.15, 0.2) is 48.5 Å². The van der Waals surface area contributed by atoms with Gasteiger partial charge < -0.3 is 14.8 Å². The van der Waals surface area contributed by atoms with E-state index in [4.69, 9.17) is 4.55 Å². The molecule has 0 aromatic heterocycles. The standard InChI is InChI=1S/C11H12FNO.C7H7NO5S/c1-11(6-7-11)10(14)13-9-4-2-8(12)3-5-9;9-5-8-6-1-3-7(4-2-6)13-14(10,11)12/h2-5H,6-7H2,1H3,(H,13,14);1-5H,(H,8,9)(H,10,11,12). The van der Waals surface area contributed by atoms with Crippen LogP contribution in [0.5, 0.6) is 5.75 Å². The second-order valence-electron chi connectivity index (χ2n) is 6.32. The Morgan fingerprint density at radius 3 is 2.11 bits per heavy atom. The first-order valence-electron chi connectivity index (χ1n) is 8.15. The average Bonchev–Trinajstić information content (AvgIpc) is 3.37. The predicted octanol–water partition coefficient (Wildman–Crippen LogP) is 3.00. The Kier molecular flexibility index (Phi) is 6.71. The zero-order chi connectivity index (χ0) is 20.8. The van der Waals surface area contributed by atoms with Crippen molar-refractivity contribution in [2.24, 2.45) is 5.41 Å². The van der Waals surface area contributed by atoms with Crippen LogP contribution in [0.4, 0.5) is 15.8 Å². The normalized spacial score (nSPS) is 14.1. The number of nitrogens with one attached hydrogen (secondary N) is 2. The highest BCUT2D eigenvalue weighted by Gasteiger charge is 2.44. The SMILES string of the molecule is CC1(C(=O)Nc2ccc(F)cc2)CC1.O=CNc1ccc(OS(=O)(=O)O)cc1. The first-order chi connectivity index (χ1) is 13.1. The van der Waals surface area contributed by atoms with Gasteiger partial charge in [-0.2, -0.15) is 8.42 Å². The van der Waals surface area contributed by atoms with Gasteiger partial charge in [0.05, 0.1) is 0 Å². The van der Waals surface area contributed by atoms with Crippen molar-refractivity contribution in [3.05, 3.63) is 54.3 Å². The predicted molar refractivity (Wildman–Crippen MR) is 101 cm³/mol. The molecule has 28 heavy (non-hydrogen) atoms. The Bertz CT molecular complexity index is 926. The molecule has 0 saturated heterocycles. The maximum Gasteiger partial charge on any atom is 0.446 e. The van der Waals surface area contributed by atoms with Crippen LogP contribution in [0, 0.1) is 11.2 Å². The molecule has 1 fully saturated rings. The van der Waals surface area contributed by atoms with Crippen molar-refractivity contribution in [2.75, 3.05) is 10.6 Å². The highest BCUT2D eigenvalue weighted by Crippen LogP contribution is 2.45. The molecule has 0 bridgehead atoms. The molecule has 1 aliphatic rings. The molecule has 1 aliphatic carbocycles. The molecule has 2 aromatic carbocycles. The fraction of sp³-hybridized carbons (Fsp3) is 0.222. The summed E-state index contributed by atoms with van der Waals surface area (Å²) in [4.78, 5) is 21.6. The number of anilines is 2. The minimum Gasteiger partial charge on any atom is -0.362 e. The zero-order valence-electron chi connectivity index (χ0n) is 14.9. The van der Waals surface area contributed by atoms with Crippen molar-refractivity contribution in [1.29, 1.82) is 0 Å². The first kappa shape index (κ1) is 21.3. The van der Waals surface area contributed by atoms with Crippen molar-refractivity contribution in [3.8, 4) is 5.75 Å². The molecule has 0 heterocycles. The van der Waals surface area contributed by atoms with Crippen molar-refractivity contribution >= 4 is 34.1 Å². The van der Waals surface area contributed by atoms with Gasteiger partial charge in [0.2, 0.25) is 12.3 Å². The number of carbonyl (C=O) groups is 2. The molecule has 0 spiro atoms. The van der Waals surface area contributed by atoms with E-state index in [2.05, 4.69) is 14.8 Å². The van der Waals surface area contributed by atoms with Crippen LogP contribution in [-0.4, -0.2) is 25.3 Å². The summed E-state index contributed by atoms with van der Waals surface area (Å²) in [5.41, 5.74) is 0.959. The molecule has 1 saturated carbocycles. The molecule has 8 nitrogen and oxygen atoms in total. The number of amides is 2. The van der Waals surface area contributed by atoms with Gasteiger partial charge in [-0.1, -0.05) is 6.92 Å². The Labute approximate surface area is 161 Å². The van der Waals surface area contributed by atoms with Crippen LogP contribution in [0.25, 0.3) is 0 Å². The summed E-state index contributed by atoms with van der Waals surface area (Å²) in [6.45, 7) is 1.94. The molecule has 10 heteroatoms. The molecule has 2 amide bonds. The van der Waals surface area contributed by atoms with E-state index in [1.807, 2.05) is 6.92 Å². The Balaban J connectivity index is 0.000000200. The Morgan fingerprint density at radius 2 is 1.64 bits per heavy atom. The lowest BCUT2D eigenvalue weighted by atomic mass is 10.1. The fourth-order valence-electron chi connectivity index (χ4n) is 2.03. The monoisotopic (exact) mass is 410 g/mol. The maximum atomic E-state index is 12.6. The highest BCUT2D eigenvalue weighted by molar-refractivity contribution is 7.81. The topological polar surface area (TPSA) is 122 Å². The van der Waals surface area contributed by atoms with Gasteiger partial charge in [0, 0.05) is 16.8 Å². The van der Waals surface area contributed by atoms with E-state index in [1.54, 1.807) is 12.1 Å². The van der Waals surface area contributed by atoms with Gasteiger partial charge in [-0.15, -0.1) is 0 Å². The minimum atomic E-state index is -4.49. The van der Waals surface area contributed by atoms with Gasteiger partial charge in [-0.25, -0.2) is 4.39 Å². The Morgan fingerprint density at radius 1 is 1.11 bits per heavy atom. The largest absolute Gasteiger partial charge is 0.446 e. The molecular formula is C18H19FN2O6S. The minimum absolute atomic E-state index is 0.0316. The van der Waals surface area contributed by atoms with Crippen LogP contribution in [-0.2, 0) is 20.0 Å². The van der Waals surface area contributed by atoms with Crippen LogP contribution < -0.4 is 14.8 Å². The van der Waals surface area contributed by atoms with E-state index in [-0.39, 0.29) is 22.9 Å². The van der Waals surface area contributed by atoms with E-state index in [1.165, 1.54) is 36.4 Å². The summed E-state index contributed by atoms with van der Waals surface area (Å²) in [6.07, 6.45) is 2.37. The lowest BCUT2D eigenvalue weighted by Crippen LogP contribution is -2.21. The third kappa shape index (κ3) is 6.97. The second-order valence-corrected chi connectivity index (χ2v) is 7.34. The quantitative estimate of drug-likeness (QED) is 0.497. The molecule has 0 aliphatic heterocycles. The fourth-order valence-corrected chi connectivity index (χ4v) is 2.38. The molecule has 0 unspecified atom stereocenters. The summed E-state index contributed by atoms with van der Waals surface area (Å²) < 4.78 is 45.6. The van der Waals surface area contributed by atoms with E-state index in [9.17, 15) is 22.4 Å². The number of hydrogen-bond acceptors (Lipinski definition) is 5. The highest BCUT2D eigenvalue weighted by atomic mass is 32.3. The molecule has 3 rings (SSSR count). The maximum absolute atomic E-state index is 12.6. The number of rotatable bonds is 6. The van der Waals surface area contributed by atoms with Crippen molar-refractivity contribution in [3.63, 3.8) is 0 Å². The lowest BCUT2D eigenvalue weighted by Gasteiger charge is -2.09. The van der Waals surface area contributed by atoms with Crippen molar-refractivity contribution in [2.45, 2.75) is 19.8 Å². The van der Waals surface area contributed by atoms with Crippen LogP contribution in [0.1, 0.15) is 19.8 Å². The summed E-state index contributed by atoms with van der Waals surface area (Å²) >= 11 is 0. The summed E-state index contributed by atoms with van der Waals surface area (Å²) in [7, 11) is -4.49. The number of benzene rings is 2. The van der Waals surface area contributed by atoms with Gasteiger partial charge in [-0.05, 0) is 61.4 Å². The van der Waals surface area contributed by atoms with Gasteiger partial charge in [0.15, 0.2) is 0 Å². The number of halogens is 1. The zero-order valence-corrected chi connectivity index (χ0v) is 15.7. The first-order valence-corrected chi connectivity index (χ1v) is 9.52. The van der Waals surface area contributed by atoms with Gasteiger partial charge >= 0.3 is 10.4 Å². The third-order valence-corrected chi connectivity index (χ3v) is 4.33. The molecule has 3 N–H and O–H groups in total. The van der Waals surface area contributed by atoms with E-state index < -0.39 is 10.4 Å². The molecule has 0 radical (unpaired) electrons. The van der Waals surface area contributed by atoms with Crippen LogP contribution in [0.2, 0.25) is 0 Å². The summed E-state index contributed by atoms with van der Waals surface area (Å²) in [6, 6.07) is 11.2. The van der Waals surface area contributed by atoms with E-state index in [0.717, 1.165) is 12.8 Å². The number of hydrogen-bond donors (Lipinski definition) is 3. The average molecular weight is 410 g/mol. The van der Waals surface area contributed by atoms with Crippen LogP contribution in [0.3, 0.4) is 0 Å². The van der Waals surface area contributed by atoms with E-state index >= 15 is 0 Å². The van der Waals surface area contributed by atoms with Gasteiger partial charge in [0.1, 0.15) is 11.6 Å². The molecule has 2 aromatic rings. The van der Waals surface area contributed by atoms with Crippen LogP contribution >= 0.6 is 0 Å². The molecular weight excluding hydrogens is 391 g/mol. The third-order valence-electron chi connectivity index (χ3n) is 3.93. The van der Waals surface area contributed by atoms with Gasteiger partial charge in [0.25, 0.3) is 0 Å². The van der Waals surface area contributed by atoms with Crippen molar-refractivity contribution in [1.82, 2.24) is 0 Å². The van der Waals surface area contributed by atoms with Crippen molar-refractivity contribution < 1.29 is 31.1 Å². The smallest absolute Gasteiger partial charge is 0.362 e. The number of carbonyl (C=O) groups excluding carboxylic acids is 2. The summed E-state index contributed by atoms with van der Waals surface area (Å²) in [5.74, 6) is -0.298.